The maximum atomic E-state index is 6.01. The molecule has 1 aromatic carbocycles. The van der Waals surface area contributed by atoms with Crippen LogP contribution in [0.3, 0.4) is 0 Å². The molecule has 2 aliphatic heterocycles. The maximum Gasteiger partial charge on any atom is 0.193 e. The second kappa shape index (κ2) is 8.61. The van der Waals surface area contributed by atoms with Gasteiger partial charge in [-0.1, -0.05) is 0 Å². The number of nitrogens with one attached hydrogen (secondary N) is 1. The fourth-order valence-corrected chi connectivity index (χ4v) is 3.14. The van der Waals surface area contributed by atoms with Gasteiger partial charge in [0.15, 0.2) is 17.5 Å². The molecule has 4 rings (SSSR count). The van der Waals surface area contributed by atoms with Crippen LogP contribution in [0.4, 0.5) is 5.69 Å². The Balaban J connectivity index is 0.00000196. The molecule has 0 atom stereocenters. The van der Waals surface area contributed by atoms with Crippen molar-refractivity contribution in [1.29, 1.82) is 0 Å². The van der Waals surface area contributed by atoms with Gasteiger partial charge >= 0.3 is 0 Å². The highest BCUT2D eigenvalue weighted by molar-refractivity contribution is 14.0. The van der Waals surface area contributed by atoms with E-state index < -0.39 is 0 Å². The summed E-state index contributed by atoms with van der Waals surface area (Å²) in [6, 6.07) is 5.68. The van der Waals surface area contributed by atoms with Crippen LogP contribution < -0.4 is 20.5 Å². The Morgan fingerprint density at radius 2 is 2.04 bits per heavy atom. The number of ether oxygens (including phenoxy) is 2. The Bertz CT molecular complexity index is 766. The van der Waals surface area contributed by atoms with Crippen molar-refractivity contribution in [1.82, 2.24) is 9.55 Å². The SMILES string of the molecule is I.NC(=NCc1cn2c(n1)CCCC2)Nc1ccc2c(c1)OCCCO2. The first-order valence-corrected chi connectivity index (χ1v) is 8.79. The zero-order valence-corrected chi connectivity index (χ0v) is 16.9. The van der Waals surface area contributed by atoms with Crippen LogP contribution in [-0.4, -0.2) is 28.7 Å². The zero-order chi connectivity index (χ0) is 17.1. The third kappa shape index (κ3) is 4.40. The summed E-state index contributed by atoms with van der Waals surface area (Å²) in [6.07, 6.45) is 6.45. The van der Waals surface area contributed by atoms with E-state index in [-0.39, 0.29) is 24.0 Å². The van der Waals surface area contributed by atoms with Crippen molar-refractivity contribution >= 4 is 35.6 Å². The summed E-state index contributed by atoms with van der Waals surface area (Å²) in [7, 11) is 0. The van der Waals surface area contributed by atoms with E-state index in [4.69, 9.17) is 15.2 Å². The molecule has 0 fully saturated rings. The van der Waals surface area contributed by atoms with Gasteiger partial charge in [-0.2, -0.15) is 0 Å². The van der Waals surface area contributed by atoms with Gasteiger partial charge in [-0.05, 0) is 25.0 Å². The molecule has 3 heterocycles. The summed E-state index contributed by atoms with van der Waals surface area (Å²) >= 11 is 0. The van der Waals surface area contributed by atoms with Crippen molar-refractivity contribution in [2.75, 3.05) is 18.5 Å². The molecule has 0 amide bonds. The van der Waals surface area contributed by atoms with Gasteiger partial charge < -0.3 is 25.1 Å². The lowest BCUT2D eigenvalue weighted by molar-refractivity contribution is 0.297. The number of hydrogen-bond acceptors (Lipinski definition) is 4. The minimum atomic E-state index is 0. The molecule has 0 radical (unpaired) electrons. The molecule has 0 unspecified atom stereocenters. The van der Waals surface area contributed by atoms with Gasteiger partial charge in [0, 0.05) is 37.3 Å². The quantitative estimate of drug-likeness (QED) is 0.410. The van der Waals surface area contributed by atoms with E-state index in [0.29, 0.717) is 25.7 Å². The summed E-state index contributed by atoms with van der Waals surface area (Å²) in [4.78, 5) is 9.03. The minimum absolute atomic E-state index is 0. The third-order valence-corrected chi connectivity index (χ3v) is 4.39. The highest BCUT2D eigenvalue weighted by Crippen LogP contribution is 2.32. The first-order valence-electron chi connectivity index (χ1n) is 8.79. The Labute approximate surface area is 170 Å². The summed E-state index contributed by atoms with van der Waals surface area (Å²) in [5, 5.41) is 3.10. The Kier molecular flexibility index (Phi) is 6.23. The number of imidazole rings is 1. The molecule has 0 spiro atoms. The van der Waals surface area contributed by atoms with Crippen molar-refractivity contribution in [2.24, 2.45) is 10.7 Å². The van der Waals surface area contributed by atoms with E-state index in [1.807, 2.05) is 18.2 Å². The van der Waals surface area contributed by atoms with Crippen LogP contribution >= 0.6 is 24.0 Å². The van der Waals surface area contributed by atoms with Crippen molar-refractivity contribution < 1.29 is 9.47 Å². The number of hydrogen-bond donors (Lipinski definition) is 2. The number of nitrogens with zero attached hydrogens (tertiary/aromatic N) is 3. The first-order chi connectivity index (χ1) is 12.3. The number of halogens is 1. The second-order valence-electron chi connectivity index (χ2n) is 6.34. The molecule has 26 heavy (non-hydrogen) atoms. The molecule has 2 aromatic rings. The number of benzene rings is 1. The van der Waals surface area contributed by atoms with Crippen molar-refractivity contribution in [2.45, 2.75) is 38.8 Å². The standard InChI is InChI=1S/C18H23N5O2.HI/c19-18(20-11-14-12-23-7-2-1-4-17(23)21-14)22-13-5-6-15-16(10-13)25-9-3-8-24-15;/h5-6,10,12H,1-4,7-9,11H2,(H3,19,20,22);1H. The van der Waals surface area contributed by atoms with Crippen LogP contribution in [0.5, 0.6) is 11.5 Å². The number of fused-ring (bicyclic) bond motifs is 2. The van der Waals surface area contributed by atoms with E-state index in [0.717, 1.165) is 48.1 Å². The average molecular weight is 469 g/mol. The molecule has 3 N–H and O–H groups in total. The number of nitrogens with two attached hydrogens (primary N) is 1. The molecule has 0 saturated carbocycles. The maximum absolute atomic E-state index is 6.01. The molecule has 0 bridgehead atoms. The van der Waals surface area contributed by atoms with Crippen LogP contribution in [0.1, 0.15) is 30.8 Å². The largest absolute Gasteiger partial charge is 0.490 e. The lowest BCUT2D eigenvalue weighted by atomic mass is 10.2. The van der Waals surface area contributed by atoms with Crippen LogP contribution in [0.25, 0.3) is 0 Å². The van der Waals surface area contributed by atoms with Gasteiger partial charge in [0.05, 0.1) is 25.5 Å². The second-order valence-corrected chi connectivity index (χ2v) is 6.34. The number of aryl methyl sites for hydroxylation is 2. The minimum Gasteiger partial charge on any atom is -0.490 e. The van der Waals surface area contributed by atoms with Crippen LogP contribution in [0.15, 0.2) is 29.4 Å². The molecule has 0 aliphatic carbocycles. The molecule has 0 saturated heterocycles. The normalized spacial score (nSPS) is 16.2. The Hall–Kier alpha value is -1.97. The number of anilines is 1. The molecular formula is C18H24IN5O2. The van der Waals surface area contributed by atoms with E-state index in [2.05, 4.69) is 26.1 Å². The van der Waals surface area contributed by atoms with E-state index in [9.17, 15) is 0 Å². The fraction of sp³-hybridized carbons (Fsp3) is 0.444. The lowest BCUT2D eigenvalue weighted by Gasteiger charge is -2.11. The topological polar surface area (TPSA) is 86.7 Å². The summed E-state index contributed by atoms with van der Waals surface area (Å²) in [5.74, 6) is 3.02. The van der Waals surface area contributed by atoms with Crippen molar-refractivity contribution in [3.05, 3.63) is 35.9 Å². The molecule has 140 valence electrons. The molecule has 8 heteroatoms. The molecular weight excluding hydrogens is 445 g/mol. The summed E-state index contributed by atoms with van der Waals surface area (Å²) in [6.45, 7) is 2.86. The predicted octanol–water partition coefficient (Wildman–Crippen LogP) is 2.93. The van der Waals surface area contributed by atoms with Gasteiger partial charge in [0.25, 0.3) is 0 Å². The molecule has 7 nitrogen and oxygen atoms in total. The number of aliphatic imine (C=N–C) groups is 1. The zero-order valence-electron chi connectivity index (χ0n) is 14.6. The Morgan fingerprint density at radius 3 is 2.88 bits per heavy atom. The Morgan fingerprint density at radius 1 is 1.19 bits per heavy atom. The van der Waals surface area contributed by atoms with Crippen LogP contribution in [-0.2, 0) is 19.5 Å². The number of guanidine groups is 1. The van der Waals surface area contributed by atoms with E-state index >= 15 is 0 Å². The van der Waals surface area contributed by atoms with Gasteiger partial charge in [-0.25, -0.2) is 9.98 Å². The third-order valence-electron chi connectivity index (χ3n) is 4.39. The predicted molar refractivity (Wildman–Crippen MR) is 112 cm³/mol. The molecule has 2 aliphatic rings. The van der Waals surface area contributed by atoms with Gasteiger partial charge in [0.1, 0.15) is 5.82 Å². The number of aromatic nitrogens is 2. The lowest BCUT2D eigenvalue weighted by Crippen LogP contribution is -2.22. The van der Waals surface area contributed by atoms with Gasteiger partial charge in [-0.15, -0.1) is 24.0 Å². The average Bonchev–Trinajstić information content (AvgIpc) is 2.90. The first kappa shape index (κ1) is 18.8. The summed E-state index contributed by atoms with van der Waals surface area (Å²) in [5.41, 5.74) is 7.80. The monoisotopic (exact) mass is 469 g/mol. The highest BCUT2D eigenvalue weighted by Gasteiger charge is 2.12. The van der Waals surface area contributed by atoms with E-state index in [1.54, 1.807) is 0 Å². The van der Waals surface area contributed by atoms with Gasteiger partial charge in [-0.3, -0.25) is 0 Å². The van der Waals surface area contributed by atoms with Crippen LogP contribution in [0, 0.1) is 0 Å². The van der Waals surface area contributed by atoms with Crippen LogP contribution in [0.2, 0.25) is 0 Å². The fourth-order valence-electron chi connectivity index (χ4n) is 3.14. The smallest absolute Gasteiger partial charge is 0.193 e. The summed E-state index contributed by atoms with van der Waals surface area (Å²) < 4.78 is 13.5. The number of rotatable bonds is 3. The molecule has 1 aromatic heterocycles. The highest BCUT2D eigenvalue weighted by atomic mass is 127. The van der Waals surface area contributed by atoms with Crippen molar-refractivity contribution in [3.8, 4) is 11.5 Å². The van der Waals surface area contributed by atoms with E-state index in [1.165, 1.54) is 12.8 Å². The van der Waals surface area contributed by atoms with Crippen molar-refractivity contribution in [3.63, 3.8) is 0 Å². The van der Waals surface area contributed by atoms with Gasteiger partial charge in [0.2, 0.25) is 0 Å².